The van der Waals surface area contributed by atoms with Crippen LogP contribution in [0.4, 0.5) is 34.1 Å². The highest BCUT2D eigenvalue weighted by atomic mass is 32.1. The predicted molar refractivity (Wildman–Crippen MR) is 259 cm³/mol. The molecule has 0 amide bonds. The van der Waals surface area contributed by atoms with Crippen LogP contribution in [0.1, 0.15) is 106 Å². The van der Waals surface area contributed by atoms with Crippen LogP contribution in [-0.2, 0) is 16.2 Å². The number of thiophene rings is 1. The number of benzene rings is 6. The van der Waals surface area contributed by atoms with Gasteiger partial charge in [0.25, 0.3) is 6.71 Å². The summed E-state index contributed by atoms with van der Waals surface area (Å²) in [7, 11) is 0. The van der Waals surface area contributed by atoms with E-state index in [0.29, 0.717) is 0 Å². The Bertz CT molecular complexity index is 2860. The molecule has 296 valence electrons. The van der Waals surface area contributed by atoms with Crippen molar-refractivity contribution in [3.63, 3.8) is 0 Å². The van der Waals surface area contributed by atoms with Crippen molar-refractivity contribution in [2.45, 2.75) is 112 Å². The molecule has 0 N–H and O–H groups in total. The van der Waals surface area contributed by atoms with Crippen LogP contribution < -0.4 is 25.5 Å². The fourth-order valence-corrected chi connectivity index (χ4v) is 12.1. The smallest absolute Gasteiger partial charge is 0.264 e. The molecule has 0 atom stereocenters. The van der Waals surface area contributed by atoms with Crippen molar-refractivity contribution in [3.8, 4) is 11.1 Å². The Hall–Kier alpha value is -5.06. The van der Waals surface area contributed by atoms with E-state index in [2.05, 4.69) is 196 Å². The Balaban J connectivity index is 1.33. The summed E-state index contributed by atoms with van der Waals surface area (Å²) in [6.07, 6.45) is 2.40. The quantitative estimate of drug-likeness (QED) is 0.165. The standard InChI is InChI=1S/C55H57BN2S/c1-32-16-23-44(36(5)26-32)58-45-29-37(49-34(3)14-13-15-35(49)4)17-22-43(45)56-50-46(27-33(2)28-47(50)58)57(39-20-18-38(19-21-39)53(6,7)8)51-40-30-41-42(31-48(40)59-52(51)56)55(11,12)25-24-54(41,9)10/h13-23,26-31H,24-25H2,1-12H3. The zero-order valence-electron chi connectivity index (χ0n) is 37.1. The van der Waals surface area contributed by atoms with Crippen LogP contribution in [0.5, 0.6) is 0 Å². The minimum Gasteiger partial charge on any atom is -0.311 e. The minimum absolute atomic E-state index is 0.0670. The second-order valence-corrected chi connectivity index (χ2v) is 21.5. The summed E-state index contributed by atoms with van der Waals surface area (Å²) in [6.45, 7) is 28.2. The molecule has 0 saturated heterocycles. The average Bonchev–Trinajstić information content (AvgIpc) is 3.54. The van der Waals surface area contributed by atoms with E-state index in [1.165, 1.54) is 128 Å². The summed E-state index contributed by atoms with van der Waals surface area (Å²) in [5.74, 6) is 0. The summed E-state index contributed by atoms with van der Waals surface area (Å²) >= 11 is 2.03. The summed E-state index contributed by atoms with van der Waals surface area (Å²) in [5.41, 5.74) is 24.2. The summed E-state index contributed by atoms with van der Waals surface area (Å²) in [6, 6.07) is 40.7. The lowest BCUT2D eigenvalue weighted by Crippen LogP contribution is -2.60. The van der Waals surface area contributed by atoms with Crippen LogP contribution in [0.15, 0.2) is 103 Å². The van der Waals surface area contributed by atoms with E-state index >= 15 is 0 Å². The summed E-state index contributed by atoms with van der Waals surface area (Å²) in [4.78, 5) is 5.25. The molecule has 7 aromatic rings. The van der Waals surface area contributed by atoms with Gasteiger partial charge in [0.05, 0.1) is 5.69 Å². The van der Waals surface area contributed by atoms with Crippen LogP contribution in [0.2, 0.25) is 0 Å². The molecule has 2 aliphatic heterocycles. The summed E-state index contributed by atoms with van der Waals surface area (Å²) in [5, 5.41) is 1.38. The van der Waals surface area contributed by atoms with Crippen LogP contribution in [-0.4, -0.2) is 6.71 Å². The van der Waals surface area contributed by atoms with Crippen LogP contribution in [0, 0.1) is 34.6 Å². The van der Waals surface area contributed by atoms with Gasteiger partial charge >= 0.3 is 0 Å². The van der Waals surface area contributed by atoms with Crippen LogP contribution in [0.3, 0.4) is 0 Å². The lowest BCUT2D eigenvalue weighted by Gasteiger charge is -2.44. The van der Waals surface area contributed by atoms with Crippen molar-refractivity contribution in [1.82, 2.24) is 0 Å². The molecule has 0 spiro atoms. The van der Waals surface area contributed by atoms with E-state index < -0.39 is 0 Å². The highest BCUT2D eigenvalue weighted by Gasteiger charge is 2.46. The van der Waals surface area contributed by atoms with E-state index in [9.17, 15) is 0 Å². The normalized spacial score (nSPS) is 16.2. The van der Waals surface area contributed by atoms with E-state index in [-0.39, 0.29) is 23.0 Å². The third-order valence-electron chi connectivity index (χ3n) is 14.1. The van der Waals surface area contributed by atoms with Crippen molar-refractivity contribution >= 4 is 78.0 Å². The summed E-state index contributed by atoms with van der Waals surface area (Å²) < 4.78 is 2.84. The van der Waals surface area contributed by atoms with Crippen molar-refractivity contribution in [2.75, 3.05) is 9.80 Å². The third-order valence-corrected chi connectivity index (χ3v) is 15.3. The van der Waals surface area contributed by atoms with Gasteiger partial charge in [0.1, 0.15) is 0 Å². The zero-order valence-corrected chi connectivity index (χ0v) is 37.9. The Morgan fingerprint density at radius 3 is 1.88 bits per heavy atom. The maximum Gasteiger partial charge on any atom is 0.264 e. The topological polar surface area (TPSA) is 6.48 Å². The first-order chi connectivity index (χ1) is 27.9. The van der Waals surface area contributed by atoms with Gasteiger partial charge < -0.3 is 9.80 Å². The van der Waals surface area contributed by atoms with Gasteiger partial charge in [0.15, 0.2) is 0 Å². The Morgan fingerprint density at radius 2 is 1.24 bits per heavy atom. The molecule has 6 aromatic carbocycles. The molecular formula is C55H57BN2S. The molecule has 0 unspecified atom stereocenters. The maximum absolute atomic E-state index is 2.65. The lowest BCUT2D eigenvalue weighted by molar-refractivity contribution is 0.332. The number of hydrogen-bond acceptors (Lipinski definition) is 3. The van der Waals surface area contributed by atoms with Crippen molar-refractivity contribution in [2.24, 2.45) is 0 Å². The second kappa shape index (κ2) is 13.0. The minimum atomic E-state index is 0.0670. The number of hydrogen-bond donors (Lipinski definition) is 0. The van der Waals surface area contributed by atoms with E-state index in [4.69, 9.17) is 0 Å². The number of anilines is 6. The molecule has 3 heterocycles. The molecule has 2 nitrogen and oxygen atoms in total. The first kappa shape index (κ1) is 38.2. The van der Waals surface area contributed by atoms with E-state index in [0.717, 1.165) is 0 Å². The zero-order chi connectivity index (χ0) is 41.5. The van der Waals surface area contributed by atoms with Gasteiger partial charge in [0, 0.05) is 43.3 Å². The fourth-order valence-electron chi connectivity index (χ4n) is 10.8. The van der Waals surface area contributed by atoms with Gasteiger partial charge in [0.2, 0.25) is 0 Å². The van der Waals surface area contributed by atoms with Gasteiger partial charge in [-0.1, -0.05) is 109 Å². The molecule has 1 aromatic heterocycles. The van der Waals surface area contributed by atoms with Crippen molar-refractivity contribution in [3.05, 3.63) is 148 Å². The maximum atomic E-state index is 2.65. The van der Waals surface area contributed by atoms with Gasteiger partial charge in [-0.15, -0.1) is 11.3 Å². The number of fused-ring (bicyclic) bond motifs is 7. The van der Waals surface area contributed by atoms with Gasteiger partial charge in [-0.05, 0) is 173 Å². The average molecular weight is 789 g/mol. The molecule has 59 heavy (non-hydrogen) atoms. The number of nitrogens with zero attached hydrogens (tertiary/aromatic N) is 2. The first-order valence-corrected chi connectivity index (χ1v) is 22.5. The highest BCUT2D eigenvalue weighted by Crippen LogP contribution is 2.53. The number of rotatable bonds is 3. The first-order valence-electron chi connectivity index (χ1n) is 21.7. The molecule has 3 aliphatic rings. The third kappa shape index (κ3) is 5.80. The van der Waals surface area contributed by atoms with Gasteiger partial charge in [-0.25, -0.2) is 0 Å². The molecule has 0 saturated carbocycles. The predicted octanol–water partition coefficient (Wildman–Crippen LogP) is 13.8. The highest BCUT2D eigenvalue weighted by molar-refractivity contribution is 7.33. The van der Waals surface area contributed by atoms with Crippen LogP contribution in [0.25, 0.3) is 21.2 Å². The molecule has 1 aliphatic carbocycles. The van der Waals surface area contributed by atoms with E-state index in [1.54, 1.807) is 0 Å². The largest absolute Gasteiger partial charge is 0.311 e. The Kier molecular flexibility index (Phi) is 8.39. The van der Waals surface area contributed by atoms with Gasteiger partial charge in [-0.2, -0.15) is 0 Å². The molecular weight excluding hydrogens is 731 g/mol. The van der Waals surface area contributed by atoms with Crippen molar-refractivity contribution < 1.29 is 0 Å². The van der Waals surface area contributed by atoms with Crippen molar-refractivity contribution in [1.29, 1.82) is 0 Å². The monoisotopic (exact) mass is 788 g/mol. The second-order valence-electron chi connectivity index (χ2n) is 20.4. The fraction of sp³-hybridized carbons (Fsp3) is 0.309. The van der Waals surface area contributed by atoms with E-state index in [1.807, 2.05) is 11.3 Å². The SMILES string of the molecule is Cc1ccc(N2c3cc(-c4c(C)cccc4C)ccc3B3c4sc5cc6c(cc5c4N(c4ccc(C(C)(C)C)cc4)c4cc(C)cc2c43)C(C)(C)CCC6(C)C)c(C)c1. The molecule has 0 bridgehead atoms. The Morgan fingerprint density at radius 1 is 0.593 bits per heavy atom. The molecule has 4 heteroatoms. The van der Waals surface area contributed by atoms with Gasteiger partial charge in [-0.3, -0.25) is 0 Å². The Labute approximate surface area is 357 Å². The molecule has 0 fully saturated rings. The molecule has 10 rings (SSSR count). The lowest BCUT2D eigenvalue weighted by atomic mass is 9.36. The van der Waals surface area contributed by atoms with Crippen LogP contribution >= 0.6 is 11.3 Å². The molecule has 0 radical (unpaired) electrons. The number of aryl methyl sites for hydroxylation is 5.